The molecule has 2 heterocycles. The van der Waals surface area contributed by atoms with Gasteiger partial charge in [0, 0.05) is 17.8 Å². The highest BCUT2D eigenvalue weighted by Crippen LogP contribution is 2.30. The molecule has 2 aromatic heterocycles. The lowest BCUT2D eigenvalue weighted by molar-refractivity contribution is 0.0697. The van der Waals surface area contributed by atoms with Crippen LogP contribution >= 0.6 is 0 Å². The van der Waals surface area contributed by atoms with Crippen molar-refractivity contribution in [3.05, 3.63) is 89.4 Å². The van der Waals surface area contributed by atoms with Crippen molar-refractivity contribution in [2.24, 2.45) is 0 Å². The van der Waals surface area contributed by atoms with Crippen LogP contribution in [0.3, 0.4) is 0 Å². The molecule has 6 nitrogen and oxygen atoms in total. The van der Waals surface area contributed by atoms with Crippen LogP contribution in [0.25, 0.3) is 17.1 Å². The predicted molar refractivity (Wildman–Crippen MR) is 122 cm³/mol. The zero-order valence-electron chi connectivity index (χ0n) is 18.0. The number of carboxylic acids is 1. The molecule has 0 amide bonds. The molecule has 0 bridgehead atoms. The van der Waals surface area contributed by atoms with Crippen molar-refractivity contribution in [2.45, 2.75) is 26.7 Å². The van der Waals surface area contributed by atoms with E-state index >= 15 is 0 Å². The quantitative estimate of drug-likeness (QED) is 0.395. The normalized spacial score (nSPS) is 11.0. The molecule has 2 N–H and O–H groups in total. The lowest BCUT2D eigenvalue weighted by Crippen LogP contribution is -2.09. The van der Waals surface area contributed by atoms with Gasteiger partial charge in [-0.25, -0.2) is 14.2 Å². The fourth-order valence-electron chi connectivity index (χ4n) is 3.47. The van der Waals surface area contributed by atoms with E-state index in [9.17, 15) is 14.3 Å². The van der Waals surface area contributed by atoms with E-state index in [1.165, 1.54) is 17.7 Å². The third-order valence-electron chi connectivity index (χ3n) is 5.22. The van der Waals surface area contributed by atoms with Crippen molar-refractivity contribution in [2.75, 3.05) is 5.32 Å². The van der Waals surface area contributed by atoms with Crippen LogP contribution in [0.15, 0.2) is 66.9 Å². The second kappa shape index (κ2) is 8.63. The van der Waals surface area contributed by atoms with Crippen LogP contribution in [-0.4, -0.2) is 25.8 Å². The van der Waals surface area contributed by atoms with Gasteiger partial charge in [-0.05, 0) is 54.3 Å². The number of carboxylic acid groups (broad SMARTS) is 1. The molecule has 2 aromatic carbocycles. The monoisotopic (exact) mass is 430 g/mol. The Labute approximate surface area is 185 Å². The summed E-state index contributed by atoms with van der Waals surface area (Å²) in [7, 11) is 0. The minimum Gasteiger partial charge on any atom is -0.478 e. The van der Waals surface area contributed by atoms with Gasteiger partial charge in [-0.2, -0.15) is 9.78 Å². The number of hydrogen-bond acceptors (Lipinski definition) is 4. The number of hydrogen-bond donors (Lipinski definition) is 2. The predicted octanol–water partition coefficient (Wildman–Crippen LogP) is 5.95. The number of nitrogens with one attached hydrogen (secondary N) is 1. The molecule has 0 aliphatic heterocycles. The van der Waals surface area contributed by atoms with Crippen LogP contribution in [0, 0.1) is 12.7 Å². The van der Waals surface area contributed by atoms with Crippen molar-refractivity contribution < 1.29 is 14.3 Å². The van der Waals surface area contributed by atoms with Crippen molar-refractivity contribution >= 4 is 17.5 Å². The molecule has 0 atom stereocenters. The van der Waals surface area contributed by atoms with Crippen molar-refractivity contribution in [3.63, 3.8) is 0 Å². The highest BCUT2D eigenvalue weighted by Gasteiger charge is 2.18. The summed E-state index contributed by atoms with van der Waals surface area (Å²) in [5, 5.41) is 17.4. The number of aryl methyl sites for hydroxylation is 1. The Morgan fingerprint density at radius 1 is 1.09 bits per heavy atom. The summed E-state index contributed by atoms with van der Waals surface area (Å²) >= 11 is 0. The van der Waals surface area contributed by atoms with Crippen LogP contribution in [0.5, 0.6) is 0 Å². The Morgan fingerprint density at radius 3 is 2.62 bits per heavy atom. The molecule has 162 valence electrons. The second-order valence-corrected chi connectivity index (χ2v) is 7.87. The van der Waals surface area contributed by atoms with Crippen molar-refractivity contribution in [3.8, 4) is 17.1 Å². The van der Waals surface area contributed by atoms with Crippen LogP contribution in [0.1, 0.15) is 41.3 Å². The third-order valence-corrected chi connectivity index (χ3v) is 5.22. The Kier molecular flexibility index (Phi) is 5.73. The average Bonchev–Trinajstić information content (AvgIpc) is 3.19. The minimum absolute atomic E-state index is 0.168. The number of benzene rings is 2. The largest absolute Gasteiger partial charge is 0.478 e. The molecule has 7 heteroatoms. The summed E-state index contributed by atoms with van der Waals surface area (Å²) in [6.07, 6.45) is 1.67. The SMILES string of the molecule is Cc1cccnc1-n1nc(-c2cccc(C(C)C)c2)cc1Nc1ccc(F)cc1C(=O)O. The molecular weight excluding hydrogens is 407 g/mol. The first-order chi connectivity index (χ1) is 15.3. The Morgan fingerprint density at radius 2 is 1.91 bits per heavy atom. The molecule has 4 aromatic rings. The average molecular weight is 430 g/mol. The maximum Gasteiger partial charge on any atom is 0.337 e. The van der Waals surface area contributed by atoms with E-state index in [2.05, 4.69) is 36.3 Å². The Bertz CT molecular complexity index is 1300. The van der Waals surface area contributed by atoms with E-state index < -0.39 is 11.8 Å². The molecule has 0 unspecified atom stereocenters. The molecule has 0 saturated heterocycles. The molecule has 0 aliphatic carbocycles. The smallest absolute Gasteiger partial charge is 0.337 e. The standard InChI is InChI=1S/C25H23FN4O2/c1-15(2)17-7-4-8-18(12-17)22-14-23(30(29-22)24-16(3)6-5-11-27-24)28-21-10-9-19(26)13-20(21)25(31)32/h4-15,28H,1-3H3,(H,31,32). The van der Waals surface area contributed by atoms with Gasteiger partial charge in [-0.15, -0.1) is 0 Å². The van der Waals surface area contributed by atoms with Crippen molar-refractivity contribution in [1.29, 1.82) is 0 Å². The molecule has 0 radical (unpaired) electrons. The molecule has 0 saturated carbocycles. The summed E-state index contributed by atoms with van der Waals surface area (Å²) in [5.41, 5.74) is 3.82. The summed E-state index contributed by atoms with van der Waals surface area (Å²) in [6.45, 7) is 6.18. The number of carbonyl (C=O) groups is 1. The summed E-state index contributed by atoms with van der Waals surface area (Å²) < 4.78 is 15.3. The lowest BCUT2D eigenvalue weighted by atomic mass is 10.00. The van der Waals surface area contributed by atoms with E-state index in [1.807, 2.05) is 37.3 Å². The second-order valence-electron chi connectivity index (χ2n) is 7.87. The van der Waals surface area contributed by atoms with Gasteiger partial charge in [0.2, 0.25) is 0 Å². The van der Waals surface area contributed by atoms with E-state index in [0.29, 0.717) is 23.2 Å². The molecular formula is C25H23FN4O2. The molecule has 0 fully saturated rings. The first kappa shape index (κ1) is 21.2. The van der Waals surface area contributed by atoms with Crippen LogP contribution in [-0.2, 0) is 0 Å². The minimum atomic E-state index is -1.23. The summed E-state index contributed by atoms with van der Waals surface area (Å²) in [4.78, 5) is 16.1. The first-order valence-corrected chi connectivity index (χ1v) is 10.3. The first-order valence-electron chi connectivity index (χ1n) is 10.3. The van der Waals surface area contributed by atoms with Crippen molar-refractivity contribution in [1.82, 2.24) is 14.8 Å². The number of rotatable bonds is 6. The Balaban J connectivity index is 1.86. The molecule has 4 rings (SSSR count). The van der Waals surface area contributed by atoms with E-state index in [-0.39, 0.29) is 11.3 Å². The lowest BCUT2D eigenvalue weighted by Gasteiger charge is -2.12. The number of anilines is 2. The fourth-order valence-corrected chi connectivity index (χ4v) is 3.47. The number of halogens is 1. The topological polar surface area (TPSA) is 80.0 Å². The number of nitrogens with zero attached hydrogens (tertiary/aromatic N) is 3. The maximum absolute atomic E-state index is 13.7. The van der Waals surface area contributed by atoms with Gasteiger partial charge in [0.15, 0.2) is 5.82 Å². The van der Waals surface area contributed by atoms with Gasteiger partial charge >= 0.3 is 5.97 Å². The van der Waals surface area contributed by atoms with Crippen LogP contribution < -0.4 is 5.32 Å². The van der Waals surface area contributed by atoms with E-state index in [0.717, 1.165) is 17.2 Å². The molecule has 32 heavy (non-hydrogen) atoms. The zero-order valence-corrected chi connectivity index (χ0v) is 18.0. The summed E-state index contributed by atoms with van der Waals surface area (Å²) in [5.74, 6) is -0.346. The molecule has 0 spiro atoms. The van der Waals surface area contributed by atoms with Gasteiger partial charge in [0.05, 0.1) is 16.9 Å². The maximum atomic E-state index is 13.7. The number of aromatic nitrogens is 3. The summed E-state index contributed by atoms with van der Waals surface area (Å²) in [6, 6.07) is 17.3. The number of aromatic carboxylic acids is 1. The fraction of sp³-hybridized carbons (Fsp3) is 0.160. The zero-order chi connectivity index (χ0) is 22.8. The number of pyridine rings is 1. The van der Waals surface area contributed by atoms with Gasteiger partial charge in [-0.3, -0.25) is 0 Å². The highest BCUT2D eigenvalue weighted by atomic mass is 19.1. The van der Waals surface area contributed by atoms with Crippen LogP contribution in [0.2, 0.25) is 0 Å². The van der Waals surface area contributed by atoms with E-state index in [1.54, 1.807) is 10.9 Å². The van der Waals surface area contributed by atoms with Gasteiger partial charge < -0.3 is 10.4 Å². The van der Waals surface area contributed by atoms with Crippen LogP contribution in [0.4, 0.5) is 15.9 Å². The Hall–Kier alpha value is -4.00. The van der Waals surface area contributed by atoms with Gasteiger partial charge in [0.25, 0.3) is 0 Å². The highest BCUT2D eigenvalue weighted by molar-refractivity contribution is 5.95. The van der Waals surface area contributed by atoms with Gasteiger partial charge in [0.1, 0.15) is 11.6 Å². The molecule has 0 aliphatic rings. The van der Waals surface area contributed by atoms with E-state index in [4.69, 9.17) is 5.10 Å². The third kappa shape index (κ3) is 4.23. The van der Waals surface area contributed by atoms with Gasteiger partial charge in [-0.1, -0.05) is 38.1 Å².